The van der Waals surface area contributed by atoms with Crippen LogP contribution in [0.25, 0.3) is 0 Å². The van der Waals surface area contributed by atoms with Gasteiger partial charge in [0.15, 0.2) is 0 Å². The second-order valence-corrected chi connectivity index (χ2v) is 20.6. The van der Waals surface area contributed by atoms with Crippen molar-refractivity contribution in [3.05, 3.63) is 0 Å². The summed E-state index contributed by atoms with van der Waals surface area (Å²) >= 11 is 0. The molecule has 1 rings (SSSR count). The van der Waals surface area contributed by atoms with Crippen molar-refractivity contribution in [1.29, 1.82) is 0 Å². The first-order valence-corrected chi connectivity index (χ1v) is 14.0. The molecule has 1 fully saturated rings. The quantitative estimate of drug-likeness (QED) is 0.413. The molecule has 0 nitrogen and oxygen atoms in total. The van der Waals surface area contributed by atoms with Crippen LogP contribution in [0.3, 0.4) is 0 Å². The van der Waals surface area contributed by atoms with E-state index in [0.717, 1.165) is 11.8 Å². The predicted molar refractivity (Wildman–Crippen MR) is 128 cm³/mol. The van der Waals surface area contributed by atoms with Crippen molar-refractivity contribution >= 4 is 15.8 Å². The van der Waals surface area contributed by atoms with Gasteiger partial charge in [-0.15, -0.1) is 0 Å². The third-order valence-corrected chi connectivity index (χ3v) is 14.3. The van der Waals surface area contributed by atoms with Crippen LogP contribution in [0.5, 0.6) is 0 Å². The zero-order chi connectivity index (χ0) is 20.6. The summed E-state index contributed by atoms with van der Waals surface area (Å²) in [6.45, 7) is 29.9. The fourth-order valence-corrected chi connectivity index (χ4v) is 13.3. The largest absolute Gasteiger partial charge is 0.0954 e. The van der Waals surface area contributed by atoms with Crippen LogP contribution in [0, 0.1) is 11.8 Å². The average Bonchev–Trinajstić information content (AvgIpc) is 2.37. The smallest absolute Gasteiger partial charge is 0.0175 e. The summed E-state index contributed by atoms with van der Waals surface area (Å²) in [7, 11) is 0.110. The maximum atomic E-state index is 2.49. The maximum absolute atomic E-state index is 2.49. The van der Waals surface area contributed by atoms with E-state index in [-0.39, 0.29) is 15.8 Å². The molecule has 0 amide bonds. The second-order valence-electron chi connectivity index (χ2n) is 12.8. The Morgan fingerprint density at radius 3 is 1.04 bits per heavy atom. The molecule has 0 aromatic carbocycles. The minimum absolute atomic E-state index is 0.0551. The Bertz CT molecular complexity index is 357. The van der Waals surface area contributed by atoms with Crippen LogP contribution in [-0.4, -0.2) is 32.9 Å². The van der Waals surface area contributed by atoms with E-state index in [1.54, 1.807) is 0 Å². The van der Waals surface area contributed by atoms with Gasteiger partial charge >= 0.3 is 0 Å². The van der Waals surface area contributed by atoms with Crippen LogP contribution in [0.1, 0.15) is 109 Å². The van der Waals surface area contributed by atoms with Crippen molar-refractivity contribution in [2.75, 3.05) is 12.3 Å². The molecule has 0 spiro atoms. The van der Waals surface area contributed by atoms with Gasteiger partial charge in [0.25, 0.3) is 0 Å². The summed E-state index contributed by atoms with van der Waals surface area (Å²) in [5, 5.41) is 1.90. The Kier molecular flexibility index (Phi) is 8.33. The first-order chi connectivity index (χ1) is 11.4. The molecule has 156 valence electrons. The van der Waals surface area contributed by atoms with Crippen LogP contribution >= 0.6 is 15.8 Å². The zero-order valence-corrected chi connectivity index (χ0v) is 22.1. The Balaban J connectivity index is 2.83. The minimum atomic E-state index is 0.0551. The highest BCUT2D eigenvalue weighted by atomic mass is 31.1. The highest BCUT2D eigenvalue weighted by Gasteiger charge is 2.39. The van der Waals surface area contributed by atoms with Gasteiger partial charge in [0, 0.05) is 0 Å². The fraction of sp³-hybridized carbons (Fsp3) is 1.00. The average molecular weight is 401 g/mol. The number of hydrogen-bond acceptors (Lipinski definition) is 0. The van der Waals surface area contributed by atoms with Crippen LogP contribution in [0.2, 0.25) is 0 Å². The second kappa shape index (κ2) is 8.70. The summed E-state index contributed by atoms with van der Waals surface area (Å²) in [6.07, 6.45) is 8.97. The summed E-state index contributed by atoms with van der Waals surface area (Å²) in [6, 6.07) is 0. The third-order valence-electron chi connectivity index (χ3n) is 6.01. The van der Waals surface area contributed by atoms with Crippen molar-refractivity contribution in [2.24, 2.45) is 11.8 Å². The standard InChI is InChI=1S/C24H50P2/c1-21(2,3)25(22(4,5)6)17-19-14-13-15-20(16-19)18-26(23(7,8)9)24(10,11)12/h19-20H,13-18H2,1-12H3/t19-,20+. The lowest BCUT2D eigenvalue weighted by Crippen LogP contribution is -2.32. The van der Waals surface area contributed by atoms with E-state index in [0.29, 0.717) is 20.6 Å². The predicted octanol–water partition coefficient (Wildman–Crippen LogP) is 8.95. The normalized spacial score (nSPS) is 23.8. The van der Waals surface area contributed by atoms with Gasteiger partial charge < -0.3 is 0 Å². The van der Waals surface area contributed by atoms with E-state index in [1.807, 2.05) is 0 Å². The van der Waals surface area contributed by atoms with Gasteiger partial charge in [-0.05, 0) is 51.2 Å². The number of hydrogen-bond donors (Lipinski definition) is 0. The van der Waals surface area contributed by atoms with E-state index in [9.17, 15) is 0 Å². The van der Waals surface area contributed by atoms with Crippen molar-refractivity contribution in [1.82, 2.24) is 0 Å². The van der Waals surface area contributed by atoms with E-state index in [2.05, 4.69) is 83.1 Å². The van der Waals surface area contributed by atoms with Gasteiger partial charge in [-0.3, -0.25) is 0 Å². The molecule has 0 N–H and O–H groups in total. The van der Waals surface area contributed by atoms with E-state index in [1.165, 1.54) is 38.0 Å². The van der Waals surface area contributed by atoms with Gasteiger partial charge in [-0.25, -0.2) is 0 Å². The summed E-state index contributed by atoms with van der Waals surface area (Å²) in [5.74, 6) is 1.96. The topological polar surface area (TPSA) is 0 Å². The van der Waals surface area contributed by atoms with Gasteiger partial charge in [0.05, 0.1) is 0 Å². The lowest BCUT2D eigenvalue weighted by Gasteiger charge is -2.46. The fourth-order valence-electron chi connectivity index (χ4n) is 5.36. The summed E-state index contributed by atoms with van der Waals surface area (Å²) < 4.78 is 0. The molecule has 26 heavy (non-hydrogen) atoms. The van der Waals surface area contributed by atoms with Crippen LogP contribution in [0.4, 0.5) is 0 Å². The van der Waals surface area contributed by atoms with Crippen LogP contribution in [0.15, 0.2) is 0 Å². The first-order valence-electron chi connectivity index (χ1n) is 11.0. The van der Waals surface area contributed by atoms with Crippen molar-refractivity contribution in [3.8, 4) is 0 Å². The van der Waals surface area contributed by atoms with Crippen LogP contribution < -0.4 is 0 Å². The van der Waals surface area contributed by atoms with Gasteiger partial charge in [-0.2, -0.15) is 0 Å². The van der Waals surface area contributed by atoms with Gasteiger partial charge in [-0.1, -0.05) is 118 Å². The first kappa shape index (κ1) is 24.9. The molecular formula is C24H50P2. The van der Waals surface area contributed by atoms with Crippen molar-refractivity contribution in [3.63, 3.8) is 0 Å². The highest BCUT2D eigenvalue weighted by molar-refractivity contribution is 7.61. The van der Waals surface area contributed by atoms with Gasteiger partial charge in [0.1, 0.15) is 0 Å². The molecule has 0 saturated heterocycles. The molecule has 0 heterocycles. The van der Waals surface area contributed by atoms with E-state index in [4.69, 9.17) is 0 Å². The lowest BCUT2D eigenvalue weighted by molar-refractivity contribution is 0.304. The van der Waals surface area contributed by atoms with Crippen LogP contribution in [-0.2, 0) is 0 Å². The highest BCUT2D eigenvalue weighted by Crippen LogP contribution is 2.63. The molecular weight excluding hydrogens is 350 g/mol. The minimum Gasteiger partial charge on any atom is -0.0954 e. The molecule has 0 unspecified atom stereocenters. The zero-order valence-electron chi connectivity index (χ0n) is 20.3. The third kappa shape index (κ3) is 7.70. The lowest BCUT2D eigenvalue weighted by atomic mass is 9.83. The Labute approximate surface area is 169 Å². The monoisotopic (exact) mass is 400 g/mol. The molecule has 0 bridgehead atoms. The summed E-state index contributed by atoms with van der Waals surface area (Å²) in [4.78, 5) is 0. The van der Waals surface area contributed by atoms with Gasteiger partial charge in [0.2, 0.25) is 0 Å². The Morgan fingerprint density at radius 2 is 0.808 bits per heavy atom. The summed E-state index contributed by atoms with van der Waals surface area (Å²) in [5.41, 5.74) is 0. The van der Waals surface area contributed by atoms with E-state index < -0.39 is 0 Å². The van der Waals surface area contributed by atoms with Crippen molar-refractivity contribution < 1.29 is 0 Å². The van der Waals surface area contributed by atoms with E-state index >= 15 is 0 Å². The SMILES string of the molecule is CC(C)(C)P(C[C@@H]1CCC[C@H](CP(C(C)(C)C)C(C)(C)C)C1)C(C)(C)C. The van der Waals surface area contributed by atoms with Crippen molar-refractivity contribution in [2.45, 2.75) is 129 Å². The molecule has 0 aromatic rings. The molecule has 2 heteroatoms. The molecule has 1 aliphatic carbocycles. The molecule has 1 aliphatic rings. The molecule has 2 atom stereocenters. The molecule has 0 aromatic heterocycles. The Hall–Kier alpha value is 0.860. The molecule has 0 aliphatic heterocycles. The maximum Gasteiger partial charge on any atom is -0.0175 e. The molecule has 1 saturated carbocycles. The number of rotatable bonds is 4. The Morgan fingerprint density at radius 1 is 0.538 bits per heavy atom. The molecule has 0 radical (unpaired) electrons.